The summed E-state index contributed by atoms with van der Waals surface area (Å²) in [5.41, 5.74) is 0. The Morgan fingerprint density at radius 3 is 0.933 bits per heavy atom. The van der Waals surface area contributed by atoms with Gasteiger partial charge in [-0.05, 0) is 0 Å². The van der Waals surface area contributed by atoms with Crippen LogP contribution in [0.25, 0.3) is 0 Å². The van der Waals surface area contributed by atoms with Crippen molar-refractivity contribution in [2.45, 2.75) is 0 Å². The van der Waals surface area contributed by atoms with Gasteiger partial charge in [0.25, 0.3) is 0 Å². The fourth-order valence-corrected chi connectivity index (χ4v) is 0. The molecule has 0 rings (SSSR count). The second kappa shape index (κ2) is 14.8. The van der Waals surface area contributed by atoms with Gasteiger partial charge in [-0.2, -0.15) is 0 Å². The van der Waals surface area contributed by atoms with Crippen molar-refractivity contribution in [3.8, 4) is 0 Å². The maximum absolute atomic E-state index is 9.10. The number of aliphatic carboxylic acids is 4. The predicted molar refractivity (Wildman–Crippen MR) is 37.5 cm³/mol. The van der Waals surface area contributed by atoms with E-state index in [2.05, 4.69) is 0 Å². The Labute approximate surface area is 92.9 Å². The molecular weight excluding hydrogens is 262 g/mol. The monoisotopic (exact) mass is 271 g/mol. The second-order valence-electron chi connectivity index (χ2n) is 1.20. The van der Waals surface area contributed by atoms with Crippen LogP contribution in [-0.4, -0.2) is 44.7 Å². The minimum absolute atomic E-state index is 0. The molecule has 0 aliphatic heterocycles. The molecule has 0 aliphatic rings. The van der Waals surface area contributed by atoms with Crippen molar-refractivity contribution in [1.29, 1.82) is 0 Å². The van der Waals surface area contributed by atoms with Crippen molar-refractivity contribution in [3.05, 3.63) is 0 Å². The molecule has 11 heteroatoms. The third-order valence-corrected chi connectivity index (χ3v) is 0.358. The van der Waals surface area contributed by atoms with Crippen molar-refractivity contribution >= 4 is 23.9 Å². The van der Waals surface area contributed by atoms with Gasteiger partial charge < -0.3 is 36.8 Å². The van der Waals surface area contributed by atoms with E-state index in [1.165, 1.54) is 0 Å². The molecule has 0 spiro atoms. The van der Waals surface area contributed by atoms with E-state index in [0.29, 0.717) is 0 Å². The molecule has 0 saturated heterocycles. The third-order valence-electron chi connectivity index (χ3n) is 0.358. The van der Waals surface area contributed by atoms with Crippen molar-refractivity contribution in [3.63, 3.8) is 0 Å². The molecule has 92 valence electrons. The predicted octanol–water partition coefficient (Wildman–Crippen LogP) is -3.47. The summed E-state index contributed by atoms with van der Waals surface area (Å²) < 4.78 is 0. The summed E-state index contributed by atoms with van der Waals surface area (Å²) in [7, 11) is 0. The van der Waals surface area contributed by atoms with Gasteiger partial charge in [-0.3, -0.25) is 0 Å². The Morgan fingerprint density at radius 1 is 0.800 bits per heavy atom. The quantitative estimate of drug-likeness (QED) is 0.255. The molecule has 0 atom stereocenters. The standard InChI is InChI=1S/2C2H2O4.Fe.H3N.H2O/c2*3-1(4)2(5)6;;;/h2*(H,3,4)(H,5,6);;1H3;1H2. The van der Waals surface area contributed by atoms with E-state index in [0.717, 1.165) is 0 Å². The molecule has 0 heterocycles. The van der Waals surface area contributed by atoms with Crippen LogP contribution in [0.1, 0.15) is 0 Å². The number of rotatable bonds is 0. The largest absolute Gasteiger partial charge is 0.539 e. The molecular formula is C4H9FeNO9. The number of carboxylic acid groups (broad SMARTS) is 4. The summed E-state index contributed by atoms with van der Waals surface area (Å²) >= 11 is 0. The van der Waals surface area contributed by atoms with E-state index in [1.807, 2.05) is 0 Å². The van der Waals surface area contributed by atoms with Gasteiger partial charge in [0.15, 0.2) is 5.97 Å². The van der Waals surface area contributed by atoms with E-state index >= 15 is 0 Å². The van der Waals surface area contributed by atoms with E-state index in [9.17, 15) is 0 Å². The number of carboxylic acids is 4. The Bertz CT molecular complexity index is 178. The van der Waals surface area contributed by atoms with Gasteiger partial charge in [0.1, 0.15) is 0 Å². The Kier molecular flexibility index (Phi) is 28.9. The molecule has 9 N–H and O–H groups in total. The number of hydrogen-bond donors (Lipinski definition) is 4. The molecule has 0 saturated carbocycles. The third kappa shape index (κ3) is 32.9. The maximum Gasteiger partial charge on any atom is 0.414 e. The zero-order valence-electron chi connectivity index (χ0n) is 7.24. The van der Waals surface area contributed by atoms with Gasteiger partial charge in [0.2, 0.25) is 0 Å². The van der Waals surface area contributed by atoms with E-state index in [1.54, 1.807) is 0 Å². The van der Waals surface area contributed by atoms with Crippen LogP contribution in [0.15, 0.2) is 0 Å². The van der Waals surface area contributed by atoms with E-state index < -0.39 is 23.9 Å². The molecule has 0 fully saturated rings. The first-order valence-electron chi connectivity index (χ1n) is 2.19. The minimum atomic E-state index is -2.07. The first kappa shape index (κ1) is 29.2. The maximum atomic E-state index is 9.10. The van der Waals surface area contributed by atoms with Crippen LogP contribution < -0.4 is 11.3 Å². The first-order valence-corrected chi connectivity index (χ1v) is 2.19. The Hall–Kier alpha value is -1.68. The van der Waals surface area contributed by atoms with Gasteiger partial charge in [-0.15, -0.1) is 0 Å². The number of hydrogen-bond acceptors (Lipinski definition) is 5. The molecule has 10 nitrogen and oxygen atoms in total. The number of quaternary nitrogens is 1. The summed E-state index contributed by atoms with van der Waals surface area (Å²) in [6.45, 7) is 0. The van der Waals surface area contributed by atoms with Gasteiger partial charge in [0, 0.05) is 17.1 Å². The van der Waals surface area contributed by atoms with Crippen LogP contribution in [0.4, 0.5) is 0 Å². The normalized spacial score (nSPS) is 5.87. The molecule has 0 aliphatic carbocycles. The van der Waals surface area contributed by atoms with Gasteiger partial charge in [-0.1, -0.05) is 0 Å². The number of carbonyl (C=O) groups is 4. The summed E-state index contributed by atoms with van der Waals surface area (Å²) in [6.07, 6.45) is 0. The van der Waals surface area contributed by atoms with E-state index in [-0.39, 0.29) is 28.7 Å². The van der Waals surface area contributed by atoms with Crippen LogP contribution in [0.2, 0.25) is 0 Å². The molecule has 0 radical (unpaired) electrons. The minimum Gasteiger partial charge on any atom is -0.539 e. The second-order valence-corrected chi connectivity index (χ2v) is 1.20. The van der Waals surface area contributed by atoms with Crippen molar-refractivity contribution < 1.29 is 62.1 Å². The summed E-state index contributed by atoms with van der Waals surface area (Å²) in [5.74, 6) is -7.66. The van der Waals surface area contributed by atoms with Crippen molar-refractivity contribution in [1.82, 2.24) is 6.15 Å². The van der Waals surface area contributed by atoms with Crippen LogP contribution >= 0.6 is 0 Å². The molecule has 0 amide bonds. The van der Waals surface area contributed by atoms with Gasteiger partial charge >= 0.3 is 17.9 Å². The number of carbonyl (C=O) groups excluding carboxylic acids is 1. The van der Waals surface area contributed by atoms with Crippen molar-refractivity contribution in [2.75, 3.05) is 0 Å². The summed E-state index contributed by atoms with van der Waals surface area (Å²) in [6, 6.07) is 0. The molecule has 0 aromatic carbocycles. The summed E-state index contributed by atoms with van der Waals surface area (Å²) in [5, 5.41) is 31.1. The van der Waals surface area contributed by atoms with Crippen LogP contribution in [0.5, 0.6) is 0 Å². The Morgan fingerprint density at radius 2 is 0.933 bits per heavy atom. The van der Waals surface area contributed by atoms with Gasteiger partial charge in [-0.25, -0.2) is 14.4 Å². The molecule has 15 heavy (non-hydrogen) atoms. The summed E-state index contributed by atoms with van der Waals surface area (Å²) in [4.78, 5) is 36.2. The SMILES string of the molecule is O.O=C(O)C(=O)O.O=C([O-])C(=O)O.[Fe].[NH4+]. The fraction of sp³-hybridized carbons (Fsp3) is 0. The topological polar surface area (TPSA) is 220 Å². The molecule has 0 aromatic rings. The first-order chi connectivity index (χ1) is 5.29. The molecule has 0 aromatic heterocycles. The molecule has 0 bridgehead atoms. The van der Waals surface area contributed by atoms with E-state index in [4.69, 9.17) is 39.6 Å². The Balaban J connectivity index is -0.0000000370. The van der Waals surface area contributed by atoms with Crippen LogP contribution in [0.3, 0.4) is 0 Å². The zero-order valence-corrected chi connectivity index (χ0v) is 8.34. The zero-order chi connectivity index (χ0) is 10.3. The smallest absolute Gasteiger partial charge is 0.414 e. The van der Waals surface area contributed by atoms with Crippen molar-refractivity contribution in [2.24, 2.45) is 0 Å². The molecule has 0 unspecified atom stereocenters. The van der Waals surface area contributed by atoms with Gasteiger partial charge in [0.05, 0.1) is 0 Å². The average molecular weight is 271 g/mol. The average Bonchev–Trinajstić information content (AvgIpc) is 1.88. The van der Waals surface area contributed by atoms with Crippen LogP contribution in [-0.2, 0) is 36.2 Å². The fourth-order valence-electron chi connectivity index (χ4n) is 0. The van der Waals surface area contributed by atoms with Crippen LogP contribution in [0, 0.1) is 0 Å².